The summed E-state index contributed by atoms with van der Waals surface area (Å²) in [6.07, 6.45) is -5.35. The Morgan fingerprint density at radius 2 is 1.72 bits per heavy atom. The van der Waals surface area contributed by atoms with E-state index in [1.165, 1.54) is 0 Å². The zero-order valence-corrected chi connectivity index (χ0v) is 23.2. The fraction of sp³-hybridized carbons (Fsp3) is 0.312. The SMILES string of the molecule is O=c1[nH]c(Nc2ccc(Br)cc2)nc2c1ncn2[C@@H]1O[C@H](COP(=O)(O)OP(=O)(O)OP(=O)(O)O)[C@@H](O)[C@H]1O. The lowest BCUT2D eigenvalue weighted by Crippen LogP contribution is -2.33. The van der Waals surface area contributed by atoms with Gasteiger partial charge in [0.25, 0.3) is 5.56 Å². The third-order valence-corrected chi connectivity index (χ3v) is 9.30. The number of aromatic nitrogens is 4. The number of nitrogens with one attached hydrogen (secondary N) is 2. The minimum absolute atomic E-state index is 0.00816. The lowest BCUT2D eigenvalue weighted by atomic mass is 10.1. The van der Waals surface area contributed by atoms with Crippen molar-refractivity contribution in [1.29, 1.82) is 0 Å². The molecule has 214 valence electrons. The summed E-state index contributed by atoms with van der Waals surface area (Å²) in [4.78, 5) is 59.2. The van der Waals surface area contributed by atoms with Gasteiger partial charge in [0.05, 0.1) is 12.9 Å². The number of aliphatic hydroxyl groups excluding tert-OH is 2. The zero-order chi connectivity index (χ0) is 28.8. The highest BCUT2D eigenvalue weighted by Crippen LogP contribution is 2.66. The maximum Gasteiger partial charge on any atom is 0.490 e. The van der Waals surface area contributed by atoms with Crippen LogP contribution >= 0.6 is 39.4 Å². The molecule has 1 aliphatic heterocycles. The molecule has 0 amide bonds. The number of H-pyrrole nitrogens is 1. The van der Waals surface area contributed by atoms with Crippen molar-refractivity contribution in [3.63, 3.8) is 0 Å². The van der Waals surface area contributed by atoms with Gasteiger partial charge in [-0.25, -0.2) is 18.7 Å². The molecule has 4 rings (SSSR count). The molecule has 0 bridgehead atoms. The van der Waals surface area contributed by atoms with Crippen LogP contribution in [-0.4, -0.2) is 74.2 Å². The third-order valence-electron chi connectivity index (χ3n) is 4.97. The van der Waals surface area contributed by atoms with E-state index in [9.17, 15) is 38.5 Å². The Hall–Kier alpha value is -1.86. The number of halogens is 1. The Bertz CT molecular complexity index is 1560. The molecule has 0 saturated carbocycles. The van der Waals surface area contributed by atoms with E-state index >= 15 is 0 Å². The van der Waals surface area contributed by atoms with Crippen LogP contribution in [-0.2, 0) is 31.6 Å². The highest BCUT2D eigenvalue weighted by atomic mass is 79.9. The number of aromatic amines is 1. The number of phosphoric ester groups is 1. The molecule has 0 aliphatic carbocycles. The van der Waals surface area contributed by atoms with Crippen molar-refractivity contribution < 1.29 is 61.4 Å². The molecule has 0 radical (unpaired) electrons. The maximum absolute atomic E-state index is 12.5. The van der Waals surface area contributed by atoms with Gasteiger partial charge in [-0.3, -0.25) is 18.9 Å². The molecular formula is C16H19BrN5O14P3. The molecule has 1 fully saturated rings. The molecule has 8 N–H and O–H groups in total. The van der Waals surface area contributed by atoms with E-state index in [-0.39, 0.29) is 17.1 Å². The summed E-state index contributed by atoms with van der Waals surface area (Å²) < 4.78 is 53.3. The monoisotopic (exact) mass is 677 g/mol. The van der Waals surface area contributed by atoms with Gasteiger partial charge in [0, 0.05) is 10.2 Å². The van der Waals surface area contributed by atoms with Crippen LogP contribution in [0.4, 0.5) is 11.6 Å². The van der Waals surface area contributed by atoms with E-state index in [1.807, 2.05) is 0 Å². The van der Waals surface area contributed by atoms with Gasteiger partial charge < -0.3 is 39.8 Å². The van der Waals surface area contributed by atoms with Crippen molar-refractivity contribution in [2.45, 2.75) is 24.5 Å². The van der Waals surface area contributed by atoms with Crippen LogP contribution in [0.5, 0.6) is 0 Å². The first-order valence-electron chi connectivity index (χ1n) is 10.3. The van der Waals surface area contributed by atoms with E-state index < -0.39 is 60.2 Å². The van der Waals surface area contributed by atoms with Crippen molar-refractivity contribution in [3.8, 4) is 0 Å². The number of hydrogen-bond donors (Lipinski definition) is 8. The number of ether oxygens (including phenoxy) is 1. The second-order valence-corrected chi connectivity index (χ2v) is 13.1. The van der Waals surface area contributed by atoms with Gasteiger partial charge in [0.1, 0.15) is 18.3 Å². The standard InChI is InChI=1S/C16H19BrN5O14P3/c17-7-1-3-8(4-2-7)19-16-20-13-10(14(25)21-16)18-6-22(13)15-12(24)11(23)9(34-15)5-33-38(29,30)36-39(31,32)35-37(26,27)28/h1-4,6,9,11-12,15,23-24H,5H2,(H,29,30)(H,31,32)(H2,26,27,28)(H2,19,20,21,25)/t9-,11-,12-,15-/m1/s1. The second-order valence-electron chi connectivity index (χ2n) is 7.80. The first-order chi connectivity index (χ1) is 18.0. The lowest BCUT2D eigenvalue weighted by Gasteiger charge is -2.19. The molecule has 23 heteroatoms. The Morgan fingerprint density at radius 1 is 1.05 bits per heavy atom. The minimum atomic E-state index is -5.76. The van der Waals surface area contributed by atoms with Crippen molar-refractivity contribution in [2.75, 3.05) is 11.9 Å². The molecule has 19 nitrogen and oxygen atoms in total. The summed E-state index contributed by atoms with van der Waals surface area (Å²) in [6, 6.07) is 6.90. The first-order valence-corrected chi connectivity index (χ1v) is 15.6. The molecule has 2 aromatic heterocycles. The van der Waals surface area contributed by atoms with E-state index in [2.05, 4.69) is 49.3 Å². The van der Waals surface area contributed by atoms with Crippen molar-refractivity contribution in [2.24, 2.45) is 0 Å². The number of benzene rings is 1. The predicted octanol–water partition coefficient (Wildman–Crippen LogP) is 0.588. The number of phosphoric acid groups is 3. The molecule has 1 aromatic carbocycles. The van der Waals surface area contributed by atoms with E-state index in [0.717, 1.165) is 15.4 Å². The Morgan fingerprint density at radius 3 is 2.36 bits per heavy atom. The molecule has 0 spiro atoms. The van der Waals surface area contributed by atoms with Gasteiger partial charge in [-0.1, -0.05) is 15.9 Å². The summed E-state index contributed by atoms with van der Waals surface area (Å²) in [5.74, 6) is 0.00816. The molecule has 1 aliphatic rings. The fourth-order valence-electron chi connectivity index (χ4n) is 3.41. The van der Waals surface area contributed by atoms with Gasteiger partial charge in [0.15, 0.2) is 17.4 Å². The number of hydrogen-bond acceptors (Lipinski definition) is 13. The number of aliphatic hydroxyl groups is 2. The van der Waals surface area contributed by atoms with Gasteiger partial charge in [-0.2, -0.15) is 13.6 Å². The van der Waals surface area contributed by atoms with Gasteiger partial charge in [-0.15, -0.1) is 0 Å². The summed E-state index contributed by atoms with van der Waals surface area (Å²) in [7, 11) is -16.9. The van der Waals surface area contributed by atoms with E-state index in [4.69, 9.17) is 14.5 Å². The Kier molecular flexibility index (Phi) is 8.64. The molecule has 3 aromatic rings. The molecule has 6 atom stereocenters. The normalized spacial score (nSPS) is 24.9. The average molecular weight is 678 g/mol. The summed E-state index contributed by atoms with van der Waals surface area (Å²) >= 11 is 3.30. The molecular weight excluding hydrogens is 659 g/mol. The molecule has 1 saturated heterocycles. The smallest absolute Gasteiger partial charge is 0.387 e. The maximum atomic E-state index is 12.5. The average Bonchev–Trinajstić information content (AvgIpc) is 3.33. The number of imidazole rings is 1. The largest absolute Gasteiger partial charge is 0.490 e. The first kappa shape index (κ1) is 30.1. The number of fused-ring (bicyclic) bond motifs is 1. The summed E-state index contributed by atoms with van der Waals surface area (Å²) in [5.41, 5.74) is -0.275. The third kappa shape index (κ3) is 7.46. The second kappa shape index (κ2) is 11.2. The van der Waals surface area contributed by atoms with Crippen LogP contribution < -0.4 is 10.9 Å². The van der Waals surface area contributed by atoms with Crippen LogP contribution in [0.1, 0.15) is 6.23 Å². The summed E-state index contributed by atoms with van der Waals surface area (Å²) in [5, 5.41) is 23.8. The highest BCUT2D eigenvalue weighted by molar-refractivity contribution is 9.10. The molecule has 39 heavy (non-hydrogen) atoms. The van der Waals surface area contributed by atoms with Crippen molar-refractivity contribution in [3.05, 3.63) is 45.4 Å². The van der Waals surface area contributed by atoms with E-state index in [0.29, 0.717) is 5.69 Å². The molecule has 2 unspecified atom stereocenters. The van der Waals surface area contributed by atoms with Gasteiger partial charge in [-0.05, 0) is 24.3 Å². The van der Waals surface area contributed by atoms with Crippen LogP contribution in [0.15, 0.2) is 39.9 Å². The minimum Gasteiger partial charge on any atom is -0.387 e. The van der Waals surface area contributed by atoms with Gasteiger partial charge >= 0.3 is 23.5 Å². The number of rotatable bonds is 10. The Balaban J connectivity index is 1.50. The van der Waals surface area contributed by atoms with Crippen LogP contribution in [0, 0.1) is 0 Å². The van der Waals surface area contributed by atoms with E-state index in [1.54, 1.807) is 24.3 Å². The number of nitrogens with zero attached hydrogens (tertiary/aromatic N) is 3. The predicted molar refractivity (Wildman–Crippen MR) is 131 cm³/mol. The Labute approximate surface area is 225 Å². The topological polar surface area (TPSA) is 285 Å². The lowest BCUT2D eigenvalue weighted by molar-refractivity contribution is -0.0503. The highest BCUT2D eigenvalue weighted by Gasteiger charge is 2.47. The van der Waals surface area contributed by atoms with Crippen molar-refractivity contribution in [1.82, 2.24) is 19.5 Å². The van der Waals surface area contributed by atoms with Gasteiger partial charge in [0.2, 0.25) is 5.95 Å². The van der Waals surface area contributed by atoms with Crippen LogP contribution in [0.25, 0.3) is 11.2 Å². The van der Waals surface area contributed by atoms with Crippen LogP contribution in [0.2, 0.25) is 0 Å². The fourth-order valence-corrected chi connectivity index (χ4v) is 6.70. The number of anilines is 2. The molecule has 3 heterocycles. The summed E-state index contributed by atoms with van der Waals surface area (Å²) in [6.45, 7) is -1.02. The van der Waals surface area contributed by atoms with Crippen molar-refractivity contribution >= 4 is 62.2 Å². The van der Waals surface area contributed by atoms with Crippen LogP contribution in [0.3, 0.4) is 0 Å². The zero-order valence-electron chi connectivity index (χ0n) is 18.9. The quantitative estimate of drug-likeness (QED) is 0.136.